The first-order chi connectivity index (χ1) is 8.05. The van der Waals surface area contributed by atoms with Crippen LogP contribution in [0, 0.1) is 0 Å². The molecule has 0 aromatic rings. The van der Waals surface area contributed by atoms with Gasteiger partial charge in [-0.25, -0.2) is 0 Å². The predicted molar refractivity (Wildman–Crippen MR) is 75.0 cm³/mol. The zero-order chi connectivity index (χ0) is 13.7. The third-order valence-electron chi connectivity index (χ3n) is 2.10. The molecule has 106 valence electrons. The lowest BCUT2D eigenvalue weighted by Crippen LogP contribution is -2.49. The maximum Gasteiger partial charge on any atom is 0.501 e. The van der Waals surface area contributed by atoms with Crippen LogP contribution in [0.2, 0.25) is 6.04 Å². The molecule has 0 aromatic heterocycles. The first-order valence-corrected chi connectivity index (χ1v) is 9.14. The van der Waals surface area contributed by atoms with Crippen molar-refractivity contribution in [3.05, 3.63) is 0 Å². The summed E-state index contributed by atoms with van der Waals surface area (Å²) in [7, 11) is 1.71. The summed E-state index contributed by atoms with van der Waals surface area (Å²) in [5.41, 5.74) is 5.90. The van der Waals surface area contributed by atoms with Gasteiger partial charge < -0.3 is 35.1 Å². The highest BCUT2D eigenvalue weighted by atomic mass is 28.4. The summed E-state index contributed by atoms with van der Waals surface area (Å²) in [6, 6.07) is 0.630. The molecule has 0 bridgehead atoms. The molecule has 7 N–H and O–H groups in total. The molecule has 0 radical (unpaired) electrons. The lowest BCUT2D eigenvalue weighted by Gasteiger charge is -2.27. The summed E-state index contributed by atoms with van der Waals surface area (Å²) in [5, 5.41) is 12.7. The van der Waals surface area contributed by atoms with Crippen molar-refractivity contribution in [3.63, 3.8) is 0 Å². The second-order valence-electron chi connectivity index (χ2n) is 3.30. The predicted octanol–water partition coefficient (Wildman–Crippen LogP) is -2.30. The van der Waals surface area contributed by atoms with Crippen LogP contribution in [0.1, 0.15) is 6.92 Å². The van der Waals surface area contributed by atoms with Crippen molar-refractivity contribution in [1.29, 1.82) is 0 Å². The molecule has 9 heteroatoms. The van der Waals surface area contributed by atoms with Gasteiger partial charge in [0.2, 0.25) is 0 Å². The number of rotatable bonds is 8. The molecule has 0 fully saturated rings. The van der Waals surface area contributed by atoms with E-state index < -0.39 is 18.6 Å². The fraction of sp³-hybridized carbons (Fsp3) is 1.00. The van der Waals surface area contributed by atoms with E-state index in [0.717, 1.165) is 13.1 Å². The number of nitrogens with one attached hydrogen (secondary N) is 1. The molecule has 0 saturated heterocycles. The quantitative estimate of drug-likeness (QED) is 0.370. The van der Waals surface area contributed by atoms with E-state index in [0.29, 0.717) is 6.04 Å². The molecule has 0 heterocycles. The molecule has 7 nitrogen and oxygen atoms in total. The van der Waals surface area contributed by atoms with Crippen LogP contribution >= 0.6 is 0 Å². The van der Waals surface area contributed by atoms with Crippen LogP contribution < -0.4 is 21.8 Å². The Morgan fingerprint density at radius 3 is 1.88 bits per heavy atom. The molecule has 0 amide bonds. The van der Waals surface area contributed by atoms with E-state index in [-0.39, 0.29) is 6.04 Å². The molecule has 1 atom stereocenters. The van der Waals surface area contributed by atoms with Gasteiger partial charge in [0.1, 0.15) is 0 Å². The van der Waals surface area contributed by atoms with Crippen LogP contribution in [0.25, 0.3) is 0 Å². The summed E-state index contributed by atoms with van der Waals surface area (Å²) < 4.78 is 15.8. The zero-order valence-electron chi connectivity index (χ0n) is 11.4. The molecule has 0 spiro atoms. The standard InChI is InChI=1S/C8H22N2O3Si.H6N2Si/c1-5-10-6-8(9)7-14(11-2,12-3)13-4;1-3-2/h8,10H,5-7,9H2,1-4H3;1-3H2. The monoisotopic (exact) mass is 284 g/mol. The summed E-state index contributed by atoms with van der Waals surface area (Å²) in [5.74, 6) is 0. The number of likely N-dealkylation sites (N-methyl/N-ethyl adjacent to an activating group) is 1. The lowest BCUT2D eigenvalue weighted by atomic mass is 10.3. The van der Waals surface area contributed by atoms with Crippen LogP contribution in [0.15, 0.2) is 0 Å². The molecule has 17 heavy (non-hydrogen) atoms. The summed E-state index contributed by atoms with van der Waals surface area (Å²) in [6.45, 7) is 3.71. The van der Waals surface area contributed by atoms with Gasteiger partial charge in [-0.05, 0) is 6.54 Å². The van der Waals surface area contributed by atoms with Gasteiger partial charge in [-0.15, -0.1) is 0 Å². The molecule has 0 aliphatic heterocycles. The van der Waals surface area contributed by atoms with Crippen LogP contribution in [0.5, 0.6) is 0 Å². The van der Waals surface area contributed by atoms with E-state index in [9.17, 15) is 0 Å². The Kier molecular flexibility index (Phi) is 14.5. The van der Waals surface area contributed by atoms with E-state index in [1.54, 1.807) is 21.3 Å². The fourth-order valence-corrected chi connectivity index (χ4v) is 3.01. The van der Waals surface area contributed by atoms with E-state index in [1.807, 2.05) is 6.92 Å². The van der Waals surface area contributed by atoms with Gasteiger partial charge in [0.25, 0.3) is 0 Å². The molecule has 0 rings (SSSR count). The molecule has 1 unspecified atom stereocenters. The summed E-state index contributed by atoms with van der Waals surface area (Å²) in [4.78, 5) is 0. The van der Waals surface area contributed by atoms with Crippen LogP contribution in [-0.2, 0) is 13.3 Å². The van der Waals surface area contributed by atoms with Gasteiger partial charge in [-0.1, -0.05) is 6.92 Å². The topological polar surface area (TPSA) is 118 Å². The van der Waals surface area contributed by atoms with Crippen molar-refractivity contribution < 1.29 is 13.3 Å². The van der Waals surface area contributed by atoms with E-state index >= 15 is 0 Å². The first-order valence-electron chi connectivity index (χ1n) is 5.57. The molecule has 0 aliphatic rings. The number of hydrogen-bond acceptors (Lipinski definition) is 7. The van der Waals surface area contributed by atoms with Gasteiger partial charge in [0.15, 0.2) is 9.84 Å². The SMILES string of the molecule is CCNCC(N)C[Si](OC)(OC)OC.N[SiH2]N. The van der Waals surface area contributed by atoms with Crippen molar-refractivity contribution in [1.82, 2.24) is 5.32 Å². The molecular formula is C8H28N4O3Si2. The minimum Gasteiger partial charge on any atom is -0.377 e. The van der Waals surface area contributed by atoms with E-state index in [2.05, 4.69) is 5.32 Å². The second-order valence-corrected chi connectivity index (χ2v) is 6.77. The summed E-state index contributed by atoms with van der Waals surface area (Å²) >= 11 is 0. The van der Waals surface area contributed by atoms with Gasteiger partial charge in [-0.2, -0.15) is 0 Å². The lowest BCUT2D eigenvalue weighted by molar-refractivity contribution is 0.121. The highest BCUT2D eigenvalue weighted by Crippen LogP contribution is 2.13. The third kappa shape index (κ3) is 9.82. The zero-order valence-corrected chi connectivity index (χ0v) is 13.8. The Morgan fingerprint density at radius 2 is 1.59 bits per heavy atom. The van der Waals surface area contributed by atoms with Gasteiger partial charge in [0, 0.05) is 40.0 Å². The number of hydrogen-bond donors (Lipinski definition) is 4. The minimum absolute atomic E-state index is 0.00136. The number of nitrogens with two attached hydrogens (primary N) is 3. The Balaban J connectivity index is 0. The molecule has 0 aliphatic carbocycles. The highest BCUT2D eigenvalue weighted by molar-refractivity contribution is 6.60. The third-order valence-corrected chi connectivity index (χ3v) is 4.99. The van der Waals surface area contributed by atoms with Crippen molar-refractivity contribution in [2.45, 2.75) is 19.0 Å². The van der Waals surface area contributed by atoms with Crippen molar-refractivity contribution in [2.24, 2.45) is 16.5 Å². The van der Waals surface area contributed by atoms with E-state index in [1.165, 1.54) is 0 Å². The first kappa shape index (κ1) is 19.5. The highest BCUT2D eigenvalue weighted by Gasteiger charge is 2.39. The normalized spacial score (nSPS) is 12.9. The summed E-state index contributed by atoms with van der Waals surface area (Å²) in [6.07, 6.45) is 0. The Labute approximate surface area is 108 Å². The average molecular weight is 285 g/mol. The van der Waals surface area contributed by atoms with E-state index in [4.69, 9.17) is 29.8 Å². The molecule has 0 aromatic carbocycles. The van der Waals surface area contributed by atoms with Crippen molar-refractivity contribution in [3.8, 4) is 0 Å². The van der Waals surface area contributed by atoms with Crippen molar-refractivity contribution >= 4 is 18.6 Å². The minimum atomic E-state index is -2.50. The maximum absolute atomic E-state index is 5.90. The maximum atomic E-state index is 5.90. The van der Waals surface area contributed by atoms with Gasteiger partial charge in [0.05, 0.1) is 0 Å². The van der Waals surface area contributed by atoms with Crippen LogP contribution in [0.4, 0.5) is 0 Å². The molecular weight excluding hydrogens is 256 g/mol. The molecule has 0 saturated carbocycles. The van der Waals surface area contributed by atoms with Crippen LogP contribution in [0.3, 0.4) is 0 Å². The average Bonchev–Trinajstić information content (AvgIpc) is 2.34. The van der Waals surface area contributed by atoms with Crippen molar-refractivity contribution in [2.75, 3.05) is 34.4 Å². The second kappa shape index (κ2) is 12.6. The van der Waals surface area contributed by atoms with Crippen LogP contribution in [-0.4, -0.2) is 59.1 Å². The Hall–Kier alpha value is 0.154. The Bertz CT molecular complexity index is 155. The Morgan fingerprint density at radius 1 is 1.18 bits per heavy atom. The van der Waals surface area contributed by atoms with Gasteiger partial charge in [-0.3, -0.25) is 0 Å². The fourth-order valence-electron chi connectivity index (χ4n) is 1.22. The smallest absolute Gasteiger partial charge is 0.377 e. The van der Waals surface area contributed by atoms with Gasteiger partial charge >= 0.3 is 8.80 Å². The largest absolute Gasteiger partial charge is 0.501 e.